The third-order valence-corrected chi connectivity index (χ3v) is 6.47. The maximum absolute atomic E-state index is 12.7. The minimum absolute atomic E-state index is 0.0138. The van der Waals surface area contributed by atoms with Gasteiger partial charge in [0.15, 0.2) is 5.76 Å². The number of benzene rings is 2. The molecule has 5 rings (SSSR count). The molecule has 2 aromatic carbocycles. The van der Waals surface area contributed by atoms with Gasteiger partial charge in [-0.25, -0.2) is 14.8 Å². The van der Waals surface area contributed by atoms with Gasteiger partial charge in [0.2, 0.25) is 11.7 Å². The number of aryl methyl sites for hydroxylation is 1. The van der Waals surface area contributed by atoms with Crippen LogP contribution in [0.15, 0.2) is 77.3 Å². The van der Waals surface area contributed by atoms with Crippen molar-refractivity contribution in [3.8, 4) is 28.5 Å². The number of morpholine rings is 1. The minimum atomic E-state index is -0.876. The van der Waals surface area contributed by atoms with Gasteiger partial charge in [0, 0.05) is 32.1 Å². The zero-order valence-electron chi connectivity index (χ0n) is 21.7. The van der Waals surface area contributed by atoms with Gasteiger partial charge in [-0.2, -0.15) is 0 Å². The largest absolute Gasteiger partial charge is 0.514 e. The predicted molar refractivity (Wildman–Crippen MR) is 143 cm³/mol. The molecule has 1 fully saturated rings. The van der Waals surface area contributed by atoms with Gasteiger partial charge in [-0.15, -0.1) is 0 Å². The van der Waals surface area contributed by atoms with Crippen molar-refractivity contribution in [1.29, 1.82) is 0 Å². The quantitative estimate of drug-likeness (QED) is 0.215. The Hall–Kier alpha value is -4.34. The summed E-state index contributed by atoms with van der Waals surface area (Å²) >= 11 is 0. The monoisotopic (exact) mass is 527 g/mol. The number of rotatable bonds is 9. The lowest BCUT2D eigenvalue weighted by molar-refractivity contribution is 0.0342. The molecule has 1 aliphatic rings. The van der Waals surface area contributed by atoms with Crippen molar-refractivity contribution in [2.75, 3.05) is 33.4 Å². The highest BCUT2D eigenvalue weighted by Gasteiger charge is 2.16. The van der Waals surface area contributed by atoms with Crippen LogP contribution >= 0.6 is 0 Å². The van der Waals surface area contributed by atoms with E-state index in [1.807, 2.05) is 12.1 Å². The Labute approximate surface area is 226 Å². The summed E-state index contributed by atoms with van der Waals surface area (Å²) in [5, 5.41) is 0. The Morgan fingerprint density at radius 2 is 1.62 bits per heavy atom. The number of hydrogen-bond donors (Lipinski definition) is 0. The fourth-order valence-electron chi connectivity index (χ4n) is 4.31. The van der Waals surface area contributed by atoms with Crippen LogP contribution in [0, 0.1) is 0 Å². The van der Waals surface area contributed by atoms with Gasteiger partial charge in [-0.1, -0.05) is 54.6 Å². The van der Waals surface area contributed by atoms with Crippen LogP contribution < -0.4 is 4.74 Å². The van der Waals surface area contributed by atoms with Crippen molar-refractivity contribution in [2.45, 2.75) is 19.4 Å². The van der Waals surface area contributed by atoms with Crippen LogP contribution in [0.3, 0.4) is 0 Å². The van der Waals surface area contributed by atoms with Crippen molar-refractivity contribution in [1.82, 2.24) is 14.9 Å². The third kappa shape index (κ3) is 6.95. The van der Waals surface area contributed by atoms with E-state index in [4.69, 9.17) is 13.9 Å². The molecule has 4 aromatic rings. The molecule has 1 aliphatic heterocycles. The Morgan fingerprint density at radius 3 is 2.31 bits per heavy atom. The number of carbonyl (C=O) groups excluding carboxylic acids is 2. The molecular weight excluding hydrogens is 498 g/mol. The molecule has 2 aromatic heterocycles. The van der Waals surface area contributed by atoms with E-state index in [-0.39, 0.29) is 24.0 Å². The van der Waals surface area contributed by atoms with E-state index in [2.05, 4.69) is 56.0 Å². The van der Waals surface area contributed by atoms with Crippen LogP contribution in [0.5, 0.6) is 5.88 Å². The number of ketones is 1. The van der Waals surface area contributed by atoms with Crippen molar-refractivity contribution >= 4 is 11.9 Å². The van der Waals surface area contributed by atoms with Crippen LogP contribution in [0.25, 0.3) is 22.6 Å². The van der Waals surface area contributed by atoms with Crippen LogP contribution in [0.1, 0.15) is 28.2 Å². The lowest BCUT2D eigenvalue weighted by atomic mass is 10.0. The molecule has 9 heteroatoms. The van der Waals surface area contributed by atoms with Crippen LogP contribution in [0.2, 0.25) is 0 Å². The zero-order valence-corrected chi connectivity index (χ0v) is 21.7. The highest BCUT2D eigenvalue weighted by Crippen LogP contribution is 2.24. The molecule has 3 heterocycles. The van der Waals surface area contributed by atoms with Gasteiger partial charge in [0.05, 0.1) is 26.5 Å². The van der Waals surface area contributed by atoms with Gasteiger partial charge >= 0.3 is 6.16 Å². The van der Waals surface area contributed by atoms with E-state index in [1.54, 1.807) is 12.1 Å². The number of carbonyl (C=O) groups is 2. The topological polar surface area (TPSA) is 104 Å². The first-order chi connectivity index (χ1) is 19.1. The molecule has 0 unspecified atom stereocenters. The average Bonchev–Trinajstić information content (AvgIpc) is 3.48. The highest BCUT2D eigenvalue weighted by atomic mass is 16.7. The first-order valence-electron chi connectivity index (χ1n) is 12.8. The van der Waals surface area contributed by atoms with Gasteiger partial charge in [-0.05, 0) is 34.7 Å². The standard InChI is InChI=1S/C30H29N3O6/c1-36-30(35)39-28-4-2-3-25(32-28)27-19-31-29(38-27)26(34)14-9-21-5-10-23(11-6-21)24-12-7-22(8-13-24)20-33-15-17-37-18-16-33/h2-8,10-13,19H,9,14-18,20H2,1H3. The molecule has 0 aliphatic carbocycles. The third-order valence-electron chi connectivity index (χ3n) is 6.47. The second-order valence-electron chi connectivity index (χ2n) is 9.15. The van der Waals surface area contributed by atoms with Gasteiger partial charge in [0.25, 0.3) is 5.89 Å². The Bertz CT molecular complexity index is 1410. The fraction of sp³-hybridized carbons (Fsp3) is 0.267. The summed E-state index contributed by atoms with van der Waals surface area (Å²) in [6.45, 7) is 4.49. The number of oxazole rings is 1. The first-order valence-corrected chi connectivity index (χ1v) is 12.8. The molecule has 39 heavy (non-hydrogen) atoms. The second kappa shape index (κ2) is 12.5. The van der Waals surface area contributed by atoms with Crippen molar-refractivity contribution in [3.05, 3.63) is 89.9 Å². The maximum atomic E-state index is 12.7. The molecular formula is C30H29N3O6. The van der Waals surface area contributed by atoms with E-state index in [1.165, 1.54) is 24.9 Å². The molecule has 1 saturated heterocycles. The molecule has 0 saturated carbocycles. The molecule has 9 nitrogen and oxygen atoms in total. The van der Waals surface area contributed by atoms with Crippen molar-refractivity contribution in [3.63, 3.8) is 0 Å². The van der Waals surface area contributed by atoms with E-state index >= 15 is 0 Å². The molecule has 0 radical (unpaired) electrons. The van der Waals surface area contributed by atoms with Gasteiger partial charge < -0.3 is 18.6 Å². The summed E-state index contributed by atoms with van der Waals surface area (Å²) in [7, 11) is 1.21. The van der Waals surface area contributed by atoms with E-state index < -0.39 is 6.16 Å². The number of nitrogens with zero attached hydrogens (tertiary/aromatic N) is 3. The number of pyridine rings is 1. The Kier molecular flexibility index (Phi) is 8.40. The number of methoxy groups -OCH3 is 1. The normalized spacial score (nSPS) is 13.7. The van der Waals surface area contributed by atoms with Crippen LogP contribution in [-0.4, -0.2) is 60.2 Å². The summed E-state index contributed by atoms with van der Waals surface area (Å²) in [5.41, 5.74) is 5.02. The summed E-state index contributed by atoms with van der Waals surface area (Å²) < 4.78 is 20.5. The highest BCUT2D eigenvalue weighted by molar-refractivity contribution is 5.92. The number of aromatic nitrogens is 2. The SMILES string of the molecule is COC(=O)Oc1cccc(-c2cnc(C(=O)CCc3ccc(-c4ccc(CN5CCOCC5)cc4)cc3)o2)n1. The predicted octanol–water partition coefficient (Wildman–Crippen LogP) is 5.20. The van der Waals surface area contributed by atoms with Crippen LogP contribution in [0.4, 0.5) is 4.79 Å². The molecule has 0 bridgehead atoms. The van der Waals surface area contributed by atoms with Crippen LogP contribution in [-0.2, 0) is 22.4 Å². The van der Waals surface area contributed by atoms with Gasteiger partial charge in [-0.3, -0.25) is 9.69 Å². The van der Waals surface area contributed by atoms with E-state index in [9.17, 15) is 9.59 Å². The lowest BCUT2D eigenvalue weighted by Crippen LogP contribution is -2.35. The molecule has 200 valence electrons. The summed E-state index contributed by atoms with van der Waals surface area (Å²) in [4.78, 5) is 34.7. The number of ether oxygens (including phenoxy) is 3. The smallest absolute Gasteiger partial charge is 0.437 e. The molecule has 0 spiro atoms. The lowest BCUT2D eigenvalue weighted by Gasteiger charge is -2.26. The molecule has 0 N–H and O–H groups in total. The summed E-state index contributed by atoms with van der Waals surface area (Å²) in [6, 6.07) is 21.7. The van der Waals surface area contributed by atoms with Gasteiger partial charge in [0.1, 0.15) is 5.69 Å². The zero-order chi connectivity index (χ0) is 27.0. The second-order valence-corrected chi connectivity index (χ2v) is 9.15. The van der Waals surface area contributed by atoms with Crippen molar-refractivity contribution < 1.29 is 28.2 Å². The summed E-state index contributed by atoms with van der Waals surface area (Å²) in [6.07, 6.45) is 1.38. The Balaban J connectivity index is 1.15. The summed E-state index contributed by atoms with van der Waals surface area (Å²) in [5.74, 6) is 0.160. The van der Waals surface area contributed by atoms with E-state index in [0.29, 0.717) is 17.9 Å². The first kappa shape index (κ1) is 26.3. The average molecular weight is 528 g/mol. The fourth-order valence-corrected chi connectivity index (χ4v) is 4.31. The minimum Gasteiger partial charge on any atom is -0.437 e. The number of hydrogen-bond acceptors (Lipinski definition) is 9. The molecule has 0 atom stereocenters. The molecule has 0 amide bonds. The van der Waals surface area contributed by atoms with Crippen molar-refractivity contribution in [2.24, 2.45) is 0 Å². The maximum Gasteiger partial charge on any atom is 0.514 e. The van der Waals surface area contributed by atoms with E-state index in [0.717, 1.165) is 49.5 Å². The Morgan fingerprint density at radius 1 is 0.923 bits per heavy atom. The number of Topliss-reactive ketones (excluding diaryl/α,β-unsaturated/α-hetero) is 1.